The third-order valence-corrected chi connectivity index (χ3v) is 2.77. The predicted molar refractivity (Wildman–Crippen MR) is 59.5 cm³/mol. The fraction of sp³-hybridized carbons (Fsp3) is 0.727. The lowest BCUT2D eigenvalue weighted by molar-refractivity contribution is -0.513. The van der Waals surface area contributed by atoms with Gasteiger partial charge in [-0.15, -0.1) is 0 Å². The minimum absolute atomic E-state index is 0.111. The standard InChI is InChI=1S/C11H17NO5/c1-4-16-9(13)11(10(14)17-5-2)7-6-8(3)12(11)15/h4-7H2,1-3H3. The van der Waals surface area contributed by atoms with E-state index in [0.29, 0.717) is 16.9 Å². The molecule has 96 valence electrons. The first-order valence-electron chi connectivity index (χ1n) is 5.64. The smallest absolute Gasteiger partial charge is 0.392 e. The summed E-state index contributed by atoms with van der Waals surface area (Å²) < 4.78 is 10.1. The number of rotatable bonds is 4. The van der Waals surface area contributed by atoms with Gasteiger partial charge in [-0.25, -0.2) is 9.59 Å². The van der Waals surface area contributed by atoms with Gasteiger partial charge in [0.25, 0.3) is 0 Å². The molecule has 0 aliphatic carbocycles. The second-order valence-electron chi connectivity index (χ2n) is 3.83. The van der Waals surface area contributed by atoms with Crippen LogP contribution < -0.4 is 0 Å². The van der Waals surface area contributed by atoms with E-state index in [1.165, 1.54) is 0 Å². The van der Waals surface area contributed by atoms with Crippen LogP contribution in [0.25, 0.3) is 0 Å². The summed E-state index contributed by atoms with van der Waals surface area (Å²) in [6.07, 6.45) is 0.501. The van der Waals surface area contributed by atoms with Crippen LogP contribution in [0.4, 0.5) is 0 Å². The Kier molecular flexibility index (Phi) is 4.09. The highest BCUT2D eigenvalue weighted by Gasteiger charge is 2.61. The Morgan fingerprint density at radius 1 is 1.29 bits per heavy atom. The van der Waals surface area contributed by atoms with Gasteiger partial charge in [0.2, 0.25) is 0 Å². The fourth-order valence-corrected chi connectivity index (χ4v) is 1.84. The molecule has 17 heavy (non-hydrogen) atoms. The number of hydrogen-bond acceptors (Lipinski definition) is 5. The van der Waals surface area contributed by atoms with Crippen LogP contribution in [0.15, 0.2) is 0 Å². The summed E-state index contributed by atoms with van der Waals surface area (Å²) in [5.74, 6) is -1.66. The highest BCUT2D eigenvalue weighted by Crippen LogP contribution is 2.28. The van der Waals surface area contributed by atoms with Crippen molar-refractivity contribution >= 4 is 17.7 Å². The number of ether oxygens (including phenoxy) is 2. The molecule has 0 aromatic heterocycles. The van der Waals surface area contributed by atoms with Crippen molar-refractivity contribution in [1.29, 1.82) is 0 Å². The maximum absolute atomic E-state index is 11.9. The largest absolute Gasteiger partial charge is 0.623 e. The van der Waals surface area contributed by atoms with Crippen LogP contribution in [0.3, 0.4) is 0 Å². The summed E-state index contributed by atoms with van der Waals surface area (Å²) in [6, 6.07) is 0. The Bertz CT molecular complexity index is 343. The first-order chi connectivity index (χ1) is 8.00. The number of hydroxylamine groups is 1. The normalized spacial score (nSPS) is 18.1. The summed E-state index contributed by atoms with van der Waals surface area (Å²) in [7, 11) is 0. The Hall–Kier alpha value is -1.59. The van der Waals surface area contributed by atoms with Gasteiger partial charge in [0.1, 0.15) is 0 Å². The summed E-state index contributed by atoms with van der Waals surface area (Å²) in [4.78, 5) is 23.7. The number of hydrogen-bond donors (Lipinski definition) is 0. The molecule has 0 radical (unpaired) electrons. The molecule has 0 aromatic carbocycles. The van der Waals surface area contributed by atoms with Gasteiger partial charge in [0.05, 0.1) is 13.2 Å². The third kappa shape index (κ3) is 2.11. The number of carbonyl (C=O) groups excluding carboxylic acids is 2. The Labute approximate surface area is 99.8 Å². The molecule has 0 saturated carbocycles. The van der Waals surface area contributed by atoms with E-state index in [-0.39, 0.29) is 19.6 Å². The van der Waals surface area contributed by atoms with Crippen molar-refractivity contribution in [2.75, 3.05) is 13.2 Å². The van der Waals surface area contributed by atoms with Gasteiger partial charge in [-0.3, -0.25) is 0 Å². The average Bonchev–Trinajstić information content (AvgIpc) is 2.58. The molecule has 0 bridgehead atoms. The van der Waals surface area contributed by atoms with Crippen molar-refractivity contribution in [2.24, 2.45) is 0 Å². The molecule has 1 heterocycles. The maximum atomic E-state index is 11.9. The molecule has 1 aliphatic rings. The molecule has 6 nitrogen and oxygen atoms in total. The highest BCUT2D eigenvalue weighted by atomic mass is 16.6. The maximum Gasteiger partial charge on any atom is 0.392 e. The Morgan fingerprint density at radius 3 is 2.06 bits per heavy atom. The van der Waals surface area contributed by atoms with Gasteiger partial charge < -0.3 is 14.7 Å². The van der Waals surface area contributed by atoms with Crippen molar-refractivity contribution in [1.82, 2.24) is 0 Å². The van der Waals surface area contributed by atoms with Crippen molar-refractivity contribution in [3.05, 3.63) is 5.21 Å². The van der Waals surface area contributed by atoms with Gasteiger partial charge in [0.15, 0.2) is 5.71 Å². The number of carbonyl (C=O) groups is 2. The first kappa shape index (κ1) is 13.5. The summed E-state index contributed by atoms with van der Waals surface area (Å²) in [5, 5.41) is 11.9. The molecule has 0 N–H and O–H groups in total. The molecule has 0 saturated heterocycles. The topological polar surface area (TPSA) is 78.7 Å². The van der Waals surface area contributed by atoms with E-state index in [9.17, 15) is 14.8 Å². The molecule has 0 spiro atoms. The molecule has 0 fully saturated rings. The van der Waals surface area contributed by atoms with Crippen LogP contribution in [0.2, 0.25) is 0 Å². The molecule has 0 amide bonds. The number of nitrogens with zero attached hydrogens (tertiary/aromatic N) is 1. The first-order valence-corrected chi connectivity index (χ1v) is 5.64. The summed E-state index contributed by atoms with van der Waals surface area (Å²) >= 11 is 0. The minimum atomic E-state index is -1.84. The minimum Gasteiger partial charge on any atom is -0.623 e. The van der Waals surface area contributed by atoms with E-state index in [2.05, 4.69) is 0 Å². The van der Waals surface area contributed by atoms with Crippen LogP contribution in [0, 0.1) is 5.21 Å². The molecule has 0 atom stereocenters. The lowest BCUT2D eigenvalue weighted by atomic mass is 9.97. The third-order valence-electron chi connectivity index (χ3n) is 2.77. The van der Waals surface area contributed by atoms with Crippen molar-refractivity contribution in [3.63, 3.8) is 0 Å². The summed E-state index contributed by atoms with van der Waals surface area (Å²) in [5.41, 5.74) is -1.40. The second-order valence-corrected chi connectivity index (χ2v) is 3.83. The van der Waals surface area contributed by atoms with Crippen molar-refractivity contribution < 1.29 is 23.8 Å². The molecular formula is C11H17NO5. The summed E-state index contributed by atoms with van der Waals surface area (Å²) in [6.45, 7) is 5.07. The lowest BCUT2D eigenvalue weighted by Gasteiger charge is -2.23. The zero-order chi connectivity index (χ0) is 13.1. The monoisotopic (exact) mass is 243 g/mol. The van der Waals surface area contributed by atoms with E-state index in [4.69, 9.17) is 9.47 Å². The Morgan fingerprint density at radius 2 is 1.76 bits per heavy atom. The fourth-order valence-electron chi connectivity index (χ4n) is 1.84. The van der Waals surface area contributed by atoms with Crippen LogP contribution >= 0.6 is 0 Å². The van der Waals surface area contributed by atoms with Crippen LogP contribution in [0.1, 0.15) is 33.6 Å². The Balaban J connectivity index is 3.11. The van der Waals surface area contributed by atoms with Gasteiger partial charge in [-0.1, -0.05) is 0 Å². The van der Waals surface area contributed by atoms with Gasteiger partial charge in [-0.2, -0.15) is 4.74 Å². The number of esters is 2. The molecule has 1 rings (SSSR count). The molecule has 1 aliphatic heterocycles. The highest BCUT2D eigenvalue weighted by molar-refractivity contribution is 6.05. The van der Waals surface area contributed by atoms with E-state index >= 15 is 0 Å². The average molecular weight is 243 g/mol. The van der Waals surface area contributed by atoms with E-state index in [1.54, 1.807) is 20.8 Å². The van der Waals surface area contributed by atoms with Crippen molar-refractivity contribution in [2.45, 2.75) is 39.2 Å². The van der Waals surface area contributed by atoms with Crippen molar-refractivity contribution in [3.8, 4) is 0 Å². The van der Waals surface area contributed by atoms with Crippen LogP contribution in [-0.2, 0) is 19.1 Å². The van der Waals surface area contributed by atoms with Crippen LogP contribution in [-0.4, -0.2) is 41.1 Å². The van der Waals surface area contributed by atoms with E-state index in [0.717, 1.165) is 0 Å². The van der Waals surface area contributed by atoms with Gasteiger partial charge in [-0.05, 0) is 13.8 Å². The molecular weight excluding hydrogens is 226 g/mol. The van der Waals surface area contributed by atoms with Crippen LogP contribution in [0.5, 0.6) is 0 Å². The zero-order valence-electron chi connectivity index (χ0n) is 10.3. The van der Waals surface area contributed by atoms with Gasteiger partial charge in [0, 0.05) is 19.8 Å². The molecule has 6 heteroatoms. The zero-order valence-corrected chi connectivity index (χ0v) is 10.3. The lowest BCUT2D eigenvalue weighted by Crippen LogP contribution is -2.54. The SMILES string of the molecule is CCOC(=O)C1(C(=O)OCC)CCC(C)=[N+]1[O-]. The second kappa shape index (κ2) is 5.16. The molecule has 0 unspecified atom stereocenters. The quantitative estimate of drug-likeness (QED) is 0.313. The van der Waals surface area contributed by atoms with Gasteiger partial charge >= 0.3 is 17.5 Å². The molecule has 0 aromatic rings. The van der Waals surface area contributed by atoms with E-state index in [1.807, 2.05) is 0 Å². The predicted octanol–water partition coefficient (Wildman–Crippen LogP) is 0.616. The van der Waals surface area contributed by atoms with E-state index < -0.39 is 17.5 Å².